The third-order valence-corrected chi connectivity index (χ3v) is 13.2. The van der Waals surface area contributed by atoms with E-state index in [9.17, 15) is 14.4 Å². The Morgan fingerprint density at radius 1 is 0.263 bits per heavy atom. The smallest absolute Gasteiger partial charge is 0.306 e. The van der Waals surface area contributed by atoms with Crippen LogP contribution in [0.25, 0.3) is 0 Å². The summed E-state index contributed by atoms with van der Waals surface area (Å²) in [5.41, 5.74) is 0. The molecule has 1 atom stereocenters. The largest absolute Gasteiger partial charge is 0.462 e. The molecule has 6 heteroatoms. The fourth-order valence-corrected chi connectivity index (χ4v) is 8.44. The normalized spacial score (nSPS) is 13.2. The molecule has 0 bridgehead atoms. The van der Waals surface area contributed by atoms with Crippen LogP contribution < -0.4 is 0 Å². The van der Waals surface area contributed by atoms with Crippen LogP contribution in [-0.4, -0.2) is 37.2 Å². The maximum atomic E-state index is 12.9. The molecule has 0 saturated heterocycles. The van der Waals surface area contributed by atoms with E-state index in [-0.39, 0.29) is 37.5 Å². The number of hydrogen-bond donors (Lipinski definition) is 0. The molecule has 0 spiro atoms. The average Bonchev–Trinajstić information content (AvgIpc) is 3.46. The lowest BCUT2D eigenvalue weighted by Gasteiger charge is -2.18. The van der Waals surface area contributed by atoms with Gasteiger partial charge in [0.05, 0.1) is 0 Å². The molecule has 6 nitrogen and oxygen atoms in total. The topological polar surface area (TPSA) is 78.9 Å². The van der Waals surface area contributed by atoms with Crippen molar-refractivity contribution in [2.24, 2.45) is 0 Å². The maximum absolute atomic E-state index is 12.9. The van der Waals surface area contributed by atoms with Gasteiger partial charge in [-0.05, 0) is 148 Å². The SMILES string of the molecule is CC/C=C\C/C=C\C/C=C\C/C=C\C/C=C\C/C=C\C/C=C\C/C=C\CCCCCCCCC(=O)OCC(COC(=O)CCCCCCC/C=C\CCCCCCC)OC(=O)CCCCCC/C=C\C/C=C\C/C=C\C/C=C\CC. The van der Waals surface area contributed by atoms with Gasteiger partial charge < -0.3 is 14.2 Å². The van der Waals surface area contributed by atoms with Gasteiger partial charge in [0.15, 0.2) is 6.10 Å². The first-order valence-corrected chi connectivity index (χ1v) is 32.5. The number of carbonyl (C=O) groups excluding carboxylic acids is 3. The summed E-state index contributed by atoms with van der Waals surface area (Å²) in [5.74, 6) is -0.952. The van der Waals surface area contributed by atoms with Crippen LogP contribution in [0.15, 0.2) is 158 Å². The summed E-state index contributed by atoms with van der Waals surface area (Å²) >= 11 is 0. The second-order valence-corrected chi connectivity index (χ2v) is 20.9. The predicted molar refractivity (Wildman–Crippen MR) is 348 cm³/mol. The first-order valence-electron chi connectivity index (χ1n) is 32.5. The maximum Gasteiger partial charge on any atom is 0.306 e. The van der Waals surface area contributed by atoms with Gasteiger partial charge in [-0.3, -0.25) is 14.4 Å². The zero-order valence-corrected chi connectivity index (χ0v) is 51.5. The number of carbonyl (C=O) groups is 3. The van der Waals surface area contributed by atoms with E-state index in [1.807, 2.05) is 0 Å². The van der Waals surface area contributed by atoms with Crippen molar-refractivity contribution in [3.05, 3.63) is 158 Å². The van der Waals surface area contributed by atoms with Crippen molar-refractivity contribution in [2.45, 2.75) is 277 Å². The minimum Gasteiger partial charge on any atom is -0.462 e. The number of rotatable bonds is 57. The lowest BCUT2D eigenvalue weighted by Crippen LogP contribution is -2.30. The van der Waals surface area contributed by atoms with Gasteiger partial charge in [0.25, 0.3) is 0 Å². The van der Waals surface area contributed by atoms with Crippen molar-refractivity contribution in [2.75, 3.05) is 13.2 Å². The third-order valence-electron chi connectivity index (χ3n) is 13.2. The zero-order chi connectivity index (χ0) is 57.8. The van der Waals surface area contributed by atoms with E-state index in [1.54, 1.807) is 0 Å². The summed E-state index contributed by atoms with van der Waals surface area (Å²) in [6.07, 6.45) is 96.7. The number of allylic oxidation sites excluding steroid dienone is 26. The molecular formula is C74H118O6. The van der Waals surface area contributed by atoms with Crippen molar-refractivity contribution in [3.8, 4) is 0 Å². The molecule has 0 radical (unpaired) electrons. The number of unbranched alkanes of at least 4 members (excludes halogenated alkanes) is 20. The van der Waals surface area contributed by atoms with Crippen LogP contribution in [0, 0.1) is 0 Å². The molecule has 0 aromatic rings. The highest BCUT2D eigenvalue weighted by Gasteiger charge is 2.19. The molecule has 0 aromatic heterocycles. The number of ether oxygens (including phenoxy) is 3. The molecule has 0 N–H and O–H groups in total. The van der Waals surface area contributed by atoms with Crippen molar-refractivity contribution < 1.29 is 28.6 Å². The van der Waals surface area contributed by atoms with Gasteiger partial charge in [0, 0.05) is 19.3 Å². The van der Waals surface area contributed by atoms with E-state index < -0.39 is 6.10 Å². The Bertz CT molecular complexity index is 1790. The lowest BCUT2D eigenvalue weighted by molar-refractivity contribution is -0.167. The average molecular weight is 1100 g/mol. The molecular weight excluding hydrogens is 985 g/mol. The van der Waals surface area contributed by atoms with Gasteiger partial charge in [-0.2, -0.15) is 0 Å². The van der Waals surface area contributed by atoms with Crippen molar-refractivity contribution >= 4 is 17.9 Å². The Kier molecular flexibility index (Phi) is 62.4. The standard InChI is InChI=1S/C74H118O6/c1-4-7-10-13-16-19-22-25-28-30-31-32-33-34-35-36-37-38-39-40-41-42-43-45-46-49-52-55-58-61-64-67-73(76)79-70-71(69-78-72(75)66-63-60-57-54-51-48-27-24-21-18-15-12-9-6-3)80-74(77)68-65-62-59-56-53-50-47-44-29-26-23-20-17-14-11-8-5-2/h7-8,10-11,16-17,19-20,24-29,31-32,34-35,37-38,40-41,43,45,47,50,71H,4-6,9,12-15,18,21-23,30,33,36,39,42,44,46,48-49,51-70H2,1-3H3/b10-7-,11-8-,19-16-,20-17-,27-24-,28-25-,29-26-,32-31-,35-34-,38-37-,41-40-,45-43-,50-47-. The molecule has 0 aliphatic heterocycles. The van der Waals surface area contributed by atoms with Gasteiger partial charge in [-0.15, -0.1) is 0 Å². The number of hydrogen-bond acceptors (Lipinski definition) is 6. The number of esters is 3. The van der Waals surface area contributed by atoms with Crippen LogP contribution in [0.2, 0.25) is 0 Å². The van der Waals surface area contributed by atoms with E-state index in [0.717, 1.165) is 173 Å². The highest BCUT2D eigenvalue weighted by Crippen LogP contribution is 2.14. The second kappa shape index (κ2) is 66.5. The molecule has 80 heavy (non-hydrogen) atoms. The molecule has 0 aliphatic carbocycles. The first-order chi connectivity index (χ1) is 39.5. The molecule has 1 unspecified atom stereocenters. The molecule has 0 saturated carbocycles. The van der Waals surface area contributed by atoms with E-state index in [0.29, 0.717) is 12.8 Å². The molecule has 0 aliphatic rings. The first kappa shape index (κ1) is 75.0. The monoisotopic (exact) mass is 1100 g/mol. The van der Waals surface area contributed by atoms with E-state index in [1.165, 1.54) is 57.8 Å². The van der Waals surface area contributed by atoms with Gasteiger partial charge in [0.2, 0.25) is 0 Å². The molecule has 0 heterocycles. The fourth-order valence-electron chi connectivity index (χ4n) is 8.44. The summed E-state index contributed by atoms with van der Waals surface area (Å²) < 4.78 is 16.9. The van der Waals surface area contributed by atoms with Crippen molar-refractivity contribution in [1.82, 2.24) is 0 Å². The van der Waals surface area contributed by atoms with Gasteiger partial charge >= 0.3 is 17.9 Å². The van der Waals surface area contributed by atoms with Crippen LogP contribution in [0.5, 0.6) is 0 Å². The Hall–Kier alpha value is -4.97. The Labute approximate surface area is 492 Å². The summed E-state index contributed by atoms with van der Waals surface area (Å²) in [4.78, 5) is 38.3. The molecule has 0 amide bonds. The molecule has 0 rings (SSSR count). The minimum atomic E-state index is -0.809. The molecule has 0 aromatic carbocycles. The molecule has 0 fully saturated rings. The Balaban J connectivity index is 4.40. The lowest BCUT2D eigenvalue weighted by atomic mass is 10.1. The highest BCUT2D eigenvalue weighted by molar-refractivity contribution is 5.71. The minimum absolute atomic E-state index is 0.103. The van der Waals surface area contributed by atoms with Crippen LogP contribution in [-0.2, 0) is 28.6 Å². The predicted octanol–water partition coefficient (Wildman–Crippen LogP) is 22.5. The molecule has 450 valence electrons. The van der Waals surface area contributed by atoms with Crippen LogP contribution in [0.3, 0.4) is 0 Å². The highest BCUT2D eigenvalue weighted by atomic mass is 16.6. The van der Waals surface area contributed by atoms with E-state index >= 15 is 0 Å². The van der Waals surface area contributed by atoms with Gasteiger partial charge in [-0.1, -0.05) is 262 Å². The summed E-state index contributed by atoms with van der Waals surface area (Å²) in [6.45, 7) is 6.36. The quantitative estimate of drug-likeness (QED) is 0.0261. The zero-order valence-electron chi connectivity index (χ0n) is 51.5. The Morgan fingerprint density at radius 2 is 0.487 bits per heavy atom. The van der Waals surface area contributed by atoms with Gasteiger partial charge in [-0.25, -0.2) is 0 Å². The second-order valence-electron chi connectivity index (χ2n) is 20.9. The summed E-state index contributed by atoms with van der Waals surface area (Å²) in [7, 11) is 0. The van der Waals surface area contributed by atoms with Crippen LogP contribution >= 0.6 is 0 Å². The van der Waals surface area contributed by atoms with Crippen LogP contribution in [0.4, 0.5) is 0 Å². The van der Waals surface area contributed by atoms with Crippen molar-refractivity contribution in [1.29, 1.82) is 0 Å². The van der Waals surface area contributed by atoms with Crippen molar-refractivity contribution in [3.63, 3.8) is 0 Å². The Morgan fingerprint density at radius 3 is 0.775 bits per heavy atom. The van der Waals surface area contributed by atoms with E-state index in [4.69, 9.17) is 14.2 Å². The summed E-state index contributed by atoms with van der Waals surface area (Å²) in [5, 5.41) is 0. The summed E-state index contributed by atoms with van der Waals surface area (Å²) in [6, 6.07) is 0. The fraction of sp³-hybridized carbons (Fsp3) is 0.608. The third kappa shape index (κ3) is 63.9. The van der Waals surface area contributed by atoms with E-state index in [2.05, 4.69) is 179 Å². The van der Waals surface area contributed by atoms with Gasteiger partial charge in [0.1, 0.15) is 13.2 Å². The van der Waals surface area contributed by atoms with Crippen LogP contribution in [0.1, 0.15) is 271 Å².